The van der Waals surface area contributed by atoms with Crippen molar-refractivity contribution < 1.29 is 4.79 Å². The fourth-order valence-corrected chi connectivity index (χ4v) is 1.34. The van der Waals surface area contributed by atoms with Crippen LogP contribution in [-0.4, -0.2) is 11.3 Å². The lowest BCUT2D eigenvalue weighted by Crippen LogP contribution is -1.90. The minimum absolute atomic E-state index is 0.619. The highest BCUT2D eigenvalue weighted by Crippen LogP contribution is 2.08. The molecule has 1 heterocycles. The smallest absolute Gasteiger partial charge is 0.120 e. The highest BCUT2D eigenvalue weighted by molar-refractivity contribution is 9.10. The molecule has 0 N–H and O–H groups in total. The van der Waals surface area contributed by atoms with Crippen LogP contribution in [0, 0.1) is 0 Å². The lowest BCUT2D eigenvalue weighted by atomic mass is 10.2. The predicted molar refractivity (Wildman–Crippen MR) is 50.9 cm³/mol. The van der Waals surface area contributed by atoms with Crippen LogP contribution in [0.2, 0.25) is 0 Å². The van der Waals surface area contributed by atoms with Crippen LogP contribution in [0.3, 0.4) is 0 Å². The van der Waals surface area contributed by atoms with Crippen LogP contribution in [0.4, 0.5) is 0 Å². The molecule has 0 saturated heterocycles. The minimum Gasteiger partial charge on any atom is -0.303 e. The average molecular weight is 228 g/mol. The number of carbonyl (C=O) groups is 1. The molecule has 0 aliphatic carbocycles. The van der Waals surface area contributed by atoms with Gasteiger partial charge in [0.2, 0.25) is 0 Å². The van der Waals surface area contributed by atoms with Gasteiger partial charge in [0.15, 0.2) is 0 Å². The fourth-order valence-electron chi connectivity index (χ4n) is 0.956. The Kier molecular flexibility index (Phi) is 3.94. The van der Waals surface area contributed by atoms with E-state index < -0.39 is 0 Å². The van der Waals surface area contributed by atoms with Crippen LogP contribution in [0.5, 0.6) is 0 Å². The van der Waals surface area contributed by atoms with E-state index in [0.717, 1.165) is 29.4 Å². The van der Waals surface area contributed by atoms with E-state index in [-0.39, 0.29) is 0 Å². The van der Waals surface area contributed by atoms with E-state index >= 15 is 0 Å². The van der Waals surface area contributed by atoms with Crippen molar-refractivity contribution in [3.8, 4) is 0 Å². The number of nitrogens with zero attached hydrogens (tertiary/aromatic N) is 1. The van der Waals surface area contributed by atoms with Gasteiger partial charge in [-0.3, -0.25) is 0 Å². The van der Waals surface area contributed by atoms with E-state index in [1.54, 1.807) is 0 Å². The monoisotopic (exact) mass is 227 g/mol. The van der Waals surface area contributed by atoms with Gasteiger partial charge in [-0.1, -0.05) is 6.07 Å². The number of aldehydes is 1. The van der Waals surface area contributed by atoms with Crippen molar-refractivity contribution >= 4 is 22.2 Å². The van der Waals surface area contributed by atoms with Crippen molar-refractivity contribution in [2.45, 2.75) is 19.3 Å². The molecule has 1 aromatic heterocycles. The molecule has 0 bridgehead atoms. The van der Waals surface area contributed by atoms with Gasteiger partial charge in [0.05, 0.1) is 0 Å². The summed E-state index contributed by atoms with van der Waals surface area (Å²) in [6.07, 6.45) is 3.32. The number of pyridine rings is 1. The summed E-state index contributed by atoms with van der Waals surface area (Å²) in [6, 6.07) is 5.81. The van der Waals surface area contributed by atoms with Crippen LogP contribution >= 0.6 is 15.9 Å². The Morgan fingerprint density at radius 1 is 1.50 bits per heavy atom. The van der Waals surface area contributed by atoms with Crippen LogP contribution in [-0.2, 0) is 11.2 Å². The Balaban J connectivity index is 2.46. The molecule has 0 radical (unpaired) electrons. The molecule has 64 valence electrons. The third-order valence-electron chi connectivity index (χ3n) is 1.53. The van der Waals surface area contributed by atoms with Crippen LogP contribution in [0.1, 0.15) is 18.5 Å². The Labute approximate surface area is 80.1 Å². The molecule has 0 aromatic carbocycles. The number of hydrogen-bond acceptors (Lipinski definition) is 2. The largest absolute Gasteiger partial charge is 0.303 e. The molecule has 1 aromatic rings. The van der Waals surface area contributed by atoms with E-state index in [0.29, 0.717) is 6.42 Å². The zero-order valence-electron chi connectivity index (χ0n) is 6.66. The number of halogens is 1. The summed E-state index contributed by atoms with van der Waals surface area (Å²) in [5, 5.41) is 0. The van der Waals surface area contributed by atoms with Gasteiger partial charge in [0.25, 0.3) is 0 Å². The van der Waals surface area contributed by atoms with E-state index in [4.69, 9.17) is 0 Å². The van der Waals surface area contributed by atoms with Gasteiger partial charge < -0.3 is 4.79 Å². The molecule has 0 amide bonds. The molecule has 1 rings (SSSR count). The average Bonchev–Trinajstić information content (AvgIpc) is 2.05. The van der Waals surface area contributed by atoms with Gasteiger partial charge in [-0.15, -0.1) is 0 Å². The first-order valence-corrected chi connectivity index (χ1v) is 4.67. The van der Waals surface area contributed by atoms with Gasteiger partial charge in [0, 0.05) is 12.1 Å². The summed E-state index contributed by atoms with van der Waals surface area (Å²) < 4.78 is 0.853. The maximum Gasteiger partial charge on any atom is 0.120 e. The number of aryl methyl sites for hydroxylation is 1. The summed E-state index contributed by atoms with van der Waals surface area (Å²) in [5.41, 5.74) is 1.03. The third kappa shape index (κ3) is 3.13. The molecule has 0 saturated carbocycles. The highest BCUT2D eigenvalue weighted by Gasteiger charge is 1.94. The maximum atomic E-state index is 10.0. The van der Waals surface area contributed by atoms with Crippen LogP contribution in [0.15, 0.2) is 22.8 Å². The molecule has 0 unspecified atom stereocenters. The molecule has 0 atom stereocenters. The molecular weight excluding hydrogens is 218 g/mol. The van der Waals surface area contributed by atoms with Gasteiger partial charge in [-0.2, -0.15) is 0 Å². The van der Waals surface area contributed by atoms with Crippen LogP contribution < -0.4 is 0 Å². The fraction of sp³-hybridized carbons (Fsp3) is 0.333. The summed E-state index contributed by atoms with van der Waals surface area (Å²) >= 11 is 3.29. The van der Waals surface area contributed by atoms with Gasteiger partial charge in [0.1, 0.15) is 10.9 Å². The molecule has 3 heteroatoms. The third-order valence-corrected chi connectivity index (χ3v) is 1.97. The first-order chi connectivity index (χ1) is 5.83. The minimum atomic E-state index is 0.619. The SMILES string of the molecule is O=CCCCc1cccc(Br)n1. The first kappa shape index (κ1) is 9.39. The molecular formula is C9H10BrNO. The molecule has 2 nitrogen and oxygen atoms in total. The van der Waals surface area contributed by atoms with Crippen molar-refractivity contribution in [2.24, 2.45) is 0 Å². The van der Waals surface area contributed by atoms with Crippen molar-refractivity contribution in [1.29, 1.82) is 0 Å². The Morgan fingerprint density at radius 3 is 3.00 bits per heavy atom. The zero-order chi connectivity index (χ0) is 8.81. The van der Waals surface area contributed by atoms with E-state index in [1.165, 1.54) is 0 Å². The molecule has 0 aliphatic heterocycles. The summed E-state index contributed by atoms with van der Waals surface area (Å²) in [5.74, 6) is 0. The van der Waals surface area contributed by atoms with Gasteiger partial charge in [-0.25, -0.2) is 4.98 Å². The topological polar surface area (TPSA) is 30.0 Å². The Morgan fingerprint density at radius 2 is 2.33 bits per heavy atom. The number of hydrogen-bond donors (Lipinski definition) is 0. The number of unbranched alkanes of at least 4 members (excludes halogenated alkanes) is 1. The van der Waals surface area contributed by atoms with E-state index in [1.807, 2.05) is 18.2 Å². The zero-order valence-corrected chi connectivity index (χ0v) is 8.25. The molecule has 0 spiro atoms. The Bertz CT molecular complexity index is 262. The molecule has 12 heavy (non-hydrogen) atoms. The van der Waals surface area contributed by atoms with E-state index in [9.17, 15) is 4.79 Å². The second-order valence-electron chi connectivity index (χ2n) is 2.51. The number of aromatic nitrogens is 1. The standard InChI is InChI=1S/C9H10BrNO/c10-9-6-3-5-8(11-9)4-1-2-7-12/h3,5-7H,1-2,4H2. The quantitative estimate of drug-likeness (QED) is 0.449. The van der Waals surface area contributed by atoms with Crippen molar-refractivity contribution in [1.82, 2.24) is 4.98 Å². The van der Waals surface area contributed by atoms with Crippen molar-refractivity contribution in [2.75, 3.05) is 0 Å². The van der Waals surface area contributed by atoms with Gasteiger partial charge in [-0.05, 0) is 40.9 Å². The number of carbonyl (C=O) groups excluding carboxylic acids is 1. The first-order valence-electron chi connectivity index (χ1n) is 3.88. The van der Waals surface area contributed by atoms with Crippen molar-refractivity contribution in [3.05, 3.63) is 28.5 Å². The summed E-state index contributed by atoms with van der Waals surface area (Å²) in [7, 11) is 0. The maximum absolute atomic E-state index is 10.0. The summed E-state index contributed by atoms with van der Waals surface area (Å²) in [6.45, 7) is 0. The molecule has 0 fully saturated rings. The lowest BCUT2D eigenvalue weighted by Gasteiger charge is -1.97. The van der Waals surface area contributed by atoms with Crippen LogP contribution in [0.25, 0.3) is 0 Å². The van der Waals surface area contributed by atoms with Crippen molar-refractivity contribution in [3.63, 3.8) is 0 Å². The second kappa shape index (κ2) is 5.04. The molecule has 0 aliphatic rings. The van der Waals surface area contributed by atoms with Gasteiger partial charge >= 0.3 is 0 Å². The normalized spacial score (nSPS) is 9.75. The number of rotatable bonds is 4. The second-order valence-corrected chi connectivity index (χ2v) is 3.32. The Hall–Kier alpha value is -0.700. The predicted octanol–water partition coefficient (Wildman–Crippen LogP) is 2.37. The summed E-state index contributed by atoms with van der Waals surface area (Å²) in [4.78, 5) is 14.3. The lowest BCUT2D eigenvalue weighted by molar-refractivity contribution is -0.107. The highest BCUT2D eigenvalue weighted by atomic mass is 79.9. The van der Waals surface area contributed by atoms with E-state index in [2.05, 4.69) is 20.9 Å².